The maximum atomic E-state index is 12.7. The minimum absolute atomic E-state index is 0.0304. The summed E-state index contributed by atoms with van der Waals surface area (Å²) in [6, 6.07) is -3.14. The molecular weight excluding hydrogens is 382 g/mol. The van der Waals surface area contributed by atoms with Gasteiger partial charge in [0, 0.05) is 0 Å². The van der Waals surface area contributed by atoms with Gasteiger partial charge in [-0.05, 0) is 24.7 Å². The van der Waals surface area contributed by atoms with Gasteiger partial charge in [-0.1, -0.05) is 27.7 Å². The fourth-order valence-corrected chi connectivity index (χ4v) is 2.55. The summed E-state index contributed by atoms with van der Waals surface area (Å²) < 4.78 is 0. The molecule has 3 unspecified atom stereocenters. The normalized spacial score (nSPS) is 14.0. The number of hydrogen-bond donors (Lipinski definition) is 6. The van der Waals surface area contributed by atoms with Crippen molar-refractivity contribution in [2.45, 2.75) is 65.1 Å². The zero-order valence-corrected chi connectivity index (χ0v) is 17.4. The van der Waals surface area contributed by atoms with E-state index in [9.17, 15) is 24.0 Å². The lowest BCUT2D eigenvalue weighted by atomic mass is 9.99. The van der Waals surface area contributed by atoms with Gasteiger partial charge >= 0.3 is 5.97 Å². The Labute approximate surface area is 170 Å². The molecule has 3 atom stereocenters. The van der Waals surface area contributed by atoms with Gasteiger partial charge in [-0.3, -0.25) is 24.0 Å². The monoisotopic (exact) mass is 415 g/mol. The van der Waals surface area contributed by atoms with Crippen molar-refractivity contribution in [1.29, 1.82) is 0 Å². The Kier molecular flexibility index (Phi) is 11.5. The summed E-state index contributed by atoms with van der Waals surface area (Å²) in [5, 5.41) is 16.0. The Hall–Kier alpha value is -2.69. The minimum Gasteiger partial charge on any atom is -0.480 e. The first-order chi connectivity index (χ1) is 13.3. The van der Waals surface area contributed by atoms with E-state index >= 15 is 0 Å². The van der Waals surface area contributed by atoms with Gasteiger partial charge in [0.2, 0.25) is 23.6 Å². The largest absolute Gasteiger partial charge is 0.480 e. The molecule has 11 nitrogen and oxygen atoms in total. The molecular formula is C18H33N5O6. The van der Waals surface area contributed by atoms with Crippen LogP contribution < -0.4 is 27.4 Å². The molecule has 0 aliphatic rings. The van der Waals surface area contributed by atoms with Crippen LogP contribution in [0, 0.1) is 11.8 Å². The second-order valence-corrected chi connectivity index (χ2v) is 7.77. The number of primary amides is 1. The van der Waals surface area contributed by atoms with Crippen LogP contribution in [0.15, 0.2) is 0 Å². The van der Waals surface area contributed by atoms with E-state index in [1.165, 1.54) is 0 Å². The van der Waals surface area contributed by atoms with Crippen LogP contribution in [0.3, 0.4) is 0 Å². The second kappa shape index (κ2) is 12.7. The van der Waals surface area contributed by atoms with Gasteiger partial charge in [0.1, 0.15) is 18.6 Å². The highest BCUT2D eigenvalue weighted by molar-refractivity contribution is 5.94. The summed E-state index contributed by atoms with van der Waals surface area (Å²) >= 11 is 0. The quantitative estimate of drug-likeness (QED) is 0.209. The molecule has 0 saturated carbocycles. The van der Waals surface area contributed by atoms with Crippen molar-refractivity contribution in [2.24, 2.45) is 23.3 Å². The summed E-state index contributed by atoms with van der Waals surface area (Å²) in [7, 11) is 0. The summed E-state index contributed by atoms with van der Waals surface area (Å²) in [6.45, 7) is 6.82. The number of aliphatic carboxylic acids is 1. The Morgan fingerprint density at radius 3 is 1.69 bits per heavy atom. The lowest BCUT2D eigenvalue weighted by molar-refractivity contribution is -0.138. The van der Waals surface area contributed by atoms with E-state index in [0.29, 0.717) is 0 Å². The van der Waals surface area contributed by atoms with Gasteiger partial charge < -0.3 is 32.5 Å². The number of nitrogens with two attached hydrogens (primary N) is 2. The number of rotatable bonds is 13. The van der Waals surface area contributed by atoms with E-state index in [2.05, 4.69) is 16.0 Å². The number of carboxylic acid groups (broad SMARTS) is 1. The summed E-state index contributed by atoms with van der Waals surface area (Å²) in [5.74, 6) is -3.82. The molecule has 0 aromatic carbocycles. The van der Waals surface area contributed by atoms with Crippen molar-refractivity contribution in [2.75, 3.05) is 6.54 Å². The minimum atomic E-state index is -1.21. The molecule has 0 aliphatic heterocycles. The lowest BCUT2D eigenvalue weighted by Crippen LogP contribution is -2.56. The van der Waals surface area contributed by atoms with E-state index in [1.54, 1.807) is 0 Å². The third-order valence-electron chi connectivity index (χ3n) is 3.85. The van der Waals surface area contributed by atoms with Crippen LogP contribution in [0.2, 0.25) is 0 Å². The number of carboxylic acids is 1. The van der Waals surface area contributed by atoms with Gasteiger partial charge in [-0.25, -0.2) is 0 Å². The van der Waals surface area contributed by atoms with Gasteiger partial charge in [0.05, 0.1) is 12.5 Å². The Morgan fingerprint density at radius 1 is 0.828 bits per heavy atom. The van der Waals surface area contributed by atoms with Crippen LogP contribution in [0.1, 0.15) is 47.0 Å². The maximum absolute atomic E-state index is 12.7. The fourth-order valence-electron chi connectivity index (χ4n) is 2.55. The highest BCUT2D eigenvalue weighted by Gasteiger charge is 2.29. The van der Waals surface area contributed by atoms with E-state index in [0.717, 1.165) is 0 Å². The average Bonchev–Trinajstić information content (AvgIpc) is 2.56. The smallest absolute Gasteiger partial charge is 0.322 e. The third-order valence-corrected chi connectivity index (χ3v) is 3.85. The zero-order valence-electron chi connectivity index (χ0n) is 17.4. The zero-order chi connectivity index (χ0) is 22.7. The van der Waals surface area contributed by atoms with Gasteiger partial charge in [0.15, 0.2) is 0 Å². The van der Waals surface area contributed by atoms with E-state index in [1.807, 2.05) is 27.7 Å². The molecule has 0 rings (SSSR count). The molecule has 0 radical (unpaired) electrons. The summed E-state index contributed by atoms with van der Waals surface area (Å²) in [4.78, 5) is 58.8. The first kappa shape index (κ1) is 26.3. The van der Waals surface area contributed by atoms with Gasteiger partial charge in [0.25, 0.3) is 0 Å². The summed E-state index contributed by atoms with van der Waals surface area (Å²) in [5.41, 5.74) is 10.6. The number of hydrogen-bond acceptors (Lipinski definition) is 6. The van der Waals surface area contributed by atoms with Crippen LogP contribution in [-0.4, -0.2) is 59.4 Å². The van der Waals surface area contributed by atoms with Gasteiger partial charge in [-0.2, -0.15) is 0 Å². The number of amides is 4. The molecule has 0 spiro atoms. The van der Waals surface area contributed by atoms with Crippen LogP contribution >= 0.6 is 0 Å². The van der Waals surface area contributed by atoms with Crippen molar-refractivity contribution in [3.05, 3.63) is 0 Å². The molecule has 0 fully saturated rings. The molecule has 4 amide bonds. The van der Waals surface area contributed by atoms with Gasteiger partial charge in [-0.15, -0.1) is 0 Å². The molecule has 0 aromatic heterocycles. The SMILES string of the molecule is CC(C)CC(NC(=O)C(N)CC(N)=O)C(=O)NC(CC(C)C)C(=O)NCC(=O)O. The lowest BCUT2D eigenvalue weighted by Gasteiger charge is -2.25. The van der Waals surface area contributed by atoms with E-state index in [4.69, 9.17) is 16.6 Å². The first-order valence-corrected chi connectivity index (χ1v) is 9.47. The number of carbonyl (C=O) groups is 5. The molecule has 166 valence electrons. The molecule has 0 saturated heterocycles. The highest BCUT2D eigenvalue weighted by atomic mass is 16.4. The van der Waals surface area contributed by atoms with Crippen molar-refractivity contribution in [3.63, 3.8) is 0 Å². The van der Waals surface area contributed by atoms with E-state index < -0.39 is 54.3 Å². The van der Waals surface area contributed by atoms with Crippen molar-refractivity contribution >= 4 is 29.6 Å². The van der Waals surface area contributed by atoms with Crippen LogP contribution in [0.25, 0.3) is 0 Å². The Bertz CT molecular complexity index is 608. The molecule has 0 bridgehead atoms. The third kappa shape index (κ3) is 11.7. The standard InChI is InChI=1S/C18H33N5O6/c1-9(2)5-12(17(28)21-8-15(25)26)23-18(29)13(6-10(3)4)22-16(27)11(19)7-14(20)24/h9-13H,5-8,19H2,1-4H3,(H2,20,24)(H,21,28)(H,22,27)(H,23,29)(H,25,26). The average molecular weight is 415 g/mol. The van der Waals surface area contributed by atoms with Crippen molar-refractivity contribution in [1.82, 2.24) is 16.0 Å². The summed E-state index contributed by atoms with van der Waals surface area (Å²) in [6.07, 6.45) is 0.183. The molecule has 29 heavy (non-hydrogen) atoms. The maximum Gasteiger partial charge on any atom is 0.322 e. The fraction of sp³-hybridized carbons (Fsp3) is 0.722. The molecule has 0 aromatic rings. The number of carbonyl (C=O) groups excluding carboxylic acids is 4. The Balaban J connectivity index is 5.25. The van der Waals surface area contributed by atoms with Crippen molar-refractivity contribution < 1.29 is 29.1 Å². The predicted molar refractivity (Wildman–Crippen MR) is 105 cm³/mol. The molecule has 0 heterocycles. The molecule has 0 aliphatic carbocycles. The number of nitrogens with one attached hydrogen (secondary N) is 3. The topological polar surface area (TPSA) is 194 Å². The first-order valence-electron chi connectivity index (χ1n) is 9.47. The predicted octanol–water partition coefficient (Wildman–Crippen LogP) is -1.55. The van der Waals surface area contributed by atoms with Crippen molar-refractivity contribution in [3.8, 4) is 0 Å². The Morgan fingerprint density at radius 2 is 1.28 bits per heavy atom. The second-order valence-electron chi connectivity index (χ2n) is 7.77. The molecule has 11 heteroatoms. The van der Waals surface area contributed by atoms with Crippen LogP contribution in [0.4, 0.5) is 0 Å². The van der Waals surface area contributed by atoms with Crippen LogP contribution in [-0.2, 0) is 24.0 Å². The van der Waals surface area contributed by atoms with E-state index in [-0.39, 0.29) is 31.1 Å². The van der Waals surface area contributed by atoms with Crippen LogP contribution in [0.5, 0.6) is 0 Å². The molecule has 8 N–H and O–H groups in total. The highest BCUT2D eigenvalue weighted by Crippen LogP contribution is 2.09.